The summed E-state index contributed by atoms with van der Waals surface area (Å²) in [5, 5.41) is 3.53. The summed E-state index contributed by atoms with van der Waals surface area (Å²) in [6, 6.07) is 9.20. The van der Waals surface area contributed by atoms with E-state index in [4.69, 9.17) is 4.74 Å². The number of hydrogen-bond acceptors (Lipinski definition) is 4. The normalized spacial score (nSPS) is 25.3. The number of amides is 1. The first-order chi connectivity index (χ1) is 17.0. The van der Waals surface area contributed by atoms with Crippen LogP contribution in [-0.4, -0.2) is 29.5 Å². The third-order valence-electron chi connectivity index (χ3n) is 8.61. The molecule has 2 atom stereocenters. The predicted octanol–water partition coefficient (Wildman–Crippen LogP) is 6.31. The highest BCUT2D eigenvalue weighted by atomic mass is 19.1. The number of nitrogens with zero attached hydrogens (tertiary/aromatic N) is 1. The van der Waals surface area contributed by atoms with Crippen LogP contribution in [0.25, 0.3) is 0 Å². The van der Waals surface area contributed by atoms with Gasteiger partial charge in [-0.05, 0) is 79.3 Å². The van der Waals surface area contributed by atoms with Crippen LogP contribution in [0.1, 0.15) is 93.4 Å². The Kier molecular flexibility index (Phi) is 7.24. The van der Waals surface area contributed by atoms with Crippen molar-refractivity contribution in [3.05, 3.63) is 70.8 Å². The van der Waals surface area contributed by atoms with Crippen molar-refractivity contribution in [2.45, 2.75) is 77.5 Å². The van der Waals surface area contributed by atoms with Gasteiger partial charge in [-0.15, -0.1) is 0 Å². The molecule has 7 heteroatoms. The maximum Gasteiger partial charge on any atom is 0.337 e. The number of ether oxygens (including phenoxy) is 1. The van der Waals surface area contributed by atoms with Crippen LogP contribution in [0.5, 0.6) is 0 Å². The van der Waals surface area contributed by atoms with Gasteiger partial charge in [0, 0.05) is 6.07 Å². The Labute approximate surface area is 212 Å². The second-order valence-corrected chi connectivity index (χ2v) is 10.9. The number of nitrogens with one attached hydrogen (secondary N) is 1. The van der Waals surface area contributed by atoms with E-state index in [1.54, 1.807) is 12.1 Å². The van der Waals surface area contributed by atoms with Gasteiger partial charge in [0.1, 0.15) is 17.7 Å². The van der Waals surface area contributed by atoms with Crippen LogP contribution in [-0.2, 0) is 9.53 Å². The molecule has 5 nitrogen and oxygen atoms in total. The van der Waals surface area contributed by atoms with E-state index >= 15 is 0 Å². The zero-order valence-electron chi connectivity index (χ0n) is 21.7. The highest BCUT2D eigenvalue weighted by molar-refractivity contribution is 5.89. The molecule has 2 aromatic rings. The van der Waals surface area contributed by atoms with Crippen LogP contribution in [0.2, 0.25) is 0 Å². The minimum absolute atomic E-state index is 0.197. The van der Waals surface area contributed by atoms with Crippen molar-refractivity contribution in [3.63, 3.8) is 0 Å². The molecule has 1 unspecified atom stereocenters. The standard InChI is InChI=1S/C29H36F2N2O3/c1-6-28(3,4)22-11-13-29(14-12-22)32-25(21-15-23(30)17-24(31)16-21)26(34)33(29)18(2)19-7-9-20(10-8-19)27(35)36-5/h7-10,15-18,22,25,32H,6,11-14H2,1-5H3/t18-,22?,25?,29?/m1/s1. The molecule has 194 valence electrons. The summed E-state index contributed by atoms with van der Waals surface area (Å²) in [4.78, 5) is 27.7. The number of rotatable bonds is 6. The Morgan fingerprint density at radius 2 is 1.72 bits per heavy atom. The molecule has 0 bridgehead atoms. The van der Waals surface area contributed by atoms with Crippen LogP contribution in [0.4, 0.5) is 8.78 Å². The molecule has 2 fully saturated rings. The number of methoxy groups -OCH3 is 1. The summed E-state index contributed by atoms with van der Waals surface area (Å²) in [6.07, 6.45) is 4.50. The number of benzene rings is 2. The second kappa shape index (κ2) is 9.92. The topological polar surface area (TPSA) is 58.6 Å². The molecule has 1 saturated heterocycles. The van der Waals surface area contributed by atoms with E-state index in [0.717, 1.165) is 43.7 Å². The molecule has 1 saturated carbocycles. The highest BCUT2D eigenvalue weighted by Crippen LogP contribution is 2.50. The summed E-state index contributed by atoms with van der Waals surface area (Å²) in [7, 11) is 1.34. The summed E-state index contributed by atoms with van der Waals surface area (Å²) in [5.74, 6) is -1.49. The van der Waals surface area contributed by atoms with Crippen LogP contribution >= 0.6 is 0 Å². The van der Waals surface area contributed by atoms with Crippen LogP contribution in [0.15, 0.2) is 42.5 Å². The molecule has 36 heavy (non-hydrogen) atoms. The summed E-state index contributed by atoms with van der Waals surface area (Å²) in [6.45, 7) is 8.77. The Balaban J connectivity index is 1.69. The molecular weight excluding hydrogens is 462 g/mol. The van der Waals surface area contributed by atoms with E-state index in [2.05, 4.69) is 26.1 Å². The molecule has 1 N–H and O–H groups in total. The van der Waals surface area contributed by atoms with Gasteiger partial charge in [-0.3, -0.25) is 10.1 Å². The van der Waals surface area contributed by atoms with Crippen LogP contribution < -0.4 is 5.32 Å². The fourth-order valence-electron chi connectivity index (χ4n) is 5.99. The molecule has 1 aliphatic carbocycles. The van der Waals surface area contributed by atoms with Gasteiger partial charge in [0.15, 0.2) is 0 Å². The molecule has 1 amide bonds. The maximum atomic E-state index is 14.1. The van der Waals surface area contributed by atoms with Crippen LogP contribution in [0, 0.1) is 23.0 Å². The fourth-order valence-corrected chi connectivity index (χ4v) is 5.99. The first-order valence-corrected chi connectivity index (χ1v) is 12.8. The lowest BCUT2D eigenvalue weighted by Gasteiger charge is -2.48. The number of carbonyl (C=O) groups excluding carboxylic acids is 2. The Bertz CT molecular complexity index is 1100. The van der Waals surface area contributed by atoms with Crippen molar-refractivity contribution in [1.29, 1.82) is 0 Å². The minimum atomic E-state index is -0.831. The lowest BCUT2D eigenvalue weighted by atomic mass is 9.67. The number of esters is 1. The molecule has 0 radical (unpaired) electrons. The smallest absolute Gasteiger partial charge is 0.337 e. The van der Waals surface area contributed by atoms with Crippen molar-refractivity contribution in [2.75, 3.05) is 7.11 Å². The lowest BCUT2D eigenvalue weighted by molar-refractivity contribution is -0.136. The average molecular weight is 499 g/mol. The van der Waals surface area contributed by atoms with Crippen molar-refractivity contribution >= 4 is 11.9 Å². The van der Waals surface area contributed by atoms with E-state index in [1.807, 2.05) is 24.0 Å². The average Bonchev–Trinajstić information content (AvgIpc) is 3.14. The van der Waals surface area contributed by atoms with E-state index in [9.17, 15) is 18.4 Å². The molecule has 2 aliphatic rings. The van der Waals surface area contributed by atoms with E-state index in [1.165, 1.54) is 19.2 Å². The van der Waals surface area contributed by atoms with Crippen molar-refractivity contribution in [1.82, 2.24) is 10.2 Å². The first kappa shape index (κ1) is 26.3. The summed E-state index contributed by atoms with van der Waals surface area (Å²) in [5.41, 5.74) is 1.19. The zero-order valence-corrected chi connectivity index (χ0v) is 21.7. The van der Waals surface area contributed by atoms with E-state index in [0.29, 0.717) is 17.0 Å². The second-order valence-electron chi connectivity index (χ2n) is 10.9. The monoisotopic (exact) mass is 498 g/mol. The molecule has 2 aromatic carbocycles. The van der Waals surface area contributed by atoms with Gasteiger partial charge in [0.25, 0.3) is 0 Å². The SMILES string of the molecule is CCC(C)(C)C1CCC2(CC1)NC(c1cc(F)cc(F)c1)C(=O)N2[C@H](C)c1ccc(C(=O)OC)cc1. The highest BCUT2D eigenvalue weighted by Gasteiger charge is 2.54. The van der Waals surface area contributed by atoms with E-state index in [-0.39, 0.29) is 17.4 Å². The summed E-state index contributed by atoms with van der Waals surface area (Å²) >= 11 is 0. The Morgan fingerprint density at radius 3 is 2.25 bits per heavy atom. The van der Waals surface area contributed by atoms with Gasteiger partial charge in [0.2, 0.25) is 5.91 Å². The number of halogens is 2. The zero-order chi connectivity index (χ0) is 26.3. The Hall–Kier alpha value is -2.80. The van der Waals surface area contributed by atoms with Crippen LogP contribution in [0.3, 0.4) is 0 Å². The molecular formula is C29H36F2N2O3. The van der Waals surface area contributed by atoms with Gasteiger partial charge < -0.3 is 9.64 Å². The number of carbonyl (C=O) groups is 2. The molecule has 1 aliphatic heterocycles. The maximum absolute atomic E-state index is 14.1. The largest absolute Gasteiger partial charge is 0.465 e. The molecule has 0 aromatic heterocycles. The van der Waals surface area contributed by atoms with Gasteiger partial charge in [0.05, 0.1) is 24.4 Å². The van der Waals surface area contributed by atoms with Gasteiger partial charge in [-0.25, -0.2) is 13.6 Å². The third-order valence-corrected chi connectivity index (χ3v) is 8.61. The minimum Gasteiger partial charge on any atom is -0.465 e. The van der Waals surface area contributed by atoms with E-state index < -0.39 is 29.3 Å². The molecule has 1 spiro atoms. The first-order valence-electron chi connectivity index (χ1n) is 12.8. The summed E-state index contributed by atoms with van der Waals surface area (Å²) < 4.78 is 33.0. The quantitative estimate of drug-likeness (QED) is 0.475. The fraction of sp³-hybridized carbons (Fsp3) is 0.517. The third kappa shape index (κ3) is 4.77. The van der Waals surface area contributed by atoms with Crippen molar-refractivity contribution in [2.24, 2.45) is 11.3 Å². The van der Waals surface area contributed by atoms with Crippen molar-refractivity contribution < 1.29 is 23.1 Å². The molecule has 1 heterocycles. The van der Waals surface area contributed by atoms with Gasteiger partial charge in [-0.1, -0.05) is 39.3 Å². The van der Waals surface area contributed by atoms with Gasteiger partial charge >= 0.3 is 5.97 Å². The van der Waals surface area contributed by atoms with Gasteiger partial charge in [-0.2, -0.15) is 0 Å². The molecule has 4 rings (SSSR count). The van der Waals surface area contributed by atoms with Crippen molar-refractivity contribution in [3.8, 4) is 0 Å². The Morgan fingerprint density at radius 1 is 1.14 bits per heavy atom. The predicted molar refractivity (Wildman–Crippen MR) is 134 cm³/mol. The lowest BCUT2D eigenvalue weighted by Crippen LogP contribution is -2.55. The number of hydrogen-bond donors (Lipinski definition) is 1.